The zero-order valence-electron chi connectivity index (χ0n) is 14.5. The Hall–Kier alpha value is -1.43. The van der Waals surface area contributed by atoms with Crippen LogP contribution in [0.1, 0.15) is 48.9 Å². The molecule has 0 bridgehead atoms. The van der Waals surface area contributed by atoms with E-state index < -0.39 is 0 Å². The molecule has 0 radical (unpaired) electrons. The van der Waals surface area contributed by atoms with Crippen LogP contribution < -0.4 is 0 Å². The number of carbonyl (C=O) groups is 1. The molecule has 0 amide bonds. The summed E-state index contributed by atoms with van der Waals surface area (Å²) in [6.45, 7) is 3.58. The van der Waals surface area contributed by atoms with E-state index in [-0.39, 0.29) is 12.6 Å². The molecule has 0 aliphatic rings. The molecule has 0 spiro atoms. The first-order chi connectivity index (χ1) is 11.8. The van der Waals surface area contributed by atoms with Gasteiger partial charge >= 0.3 is 5.97 Å². The van der Waals surface area contributed by atoms with Gasteiger partial charge in [0.25, 0.3) is 0 Å². The average molecular weight is 338 g/mol. The molecule has 5 nitrogen and oxygen atoms in total. The fraction of sp³-hybridized carbons (Fsp3) is 0.632. The van der Waals surface area contributed by atoms with Crippen molar-refractivity contribution in [2.75, 3.05) is 39.6 Å². The molecule has 1 N–H and O–H groups in total. The van der Waals surface area contributed by atoms with Crippen molar-refractivity contribution in [3.05, 3.63) is 35.9 Å². The monoisotopic (exact) mass is 338 g/mol. The van der Waals surface area contributed by atoms with E-state index in [1.165, 1.54) is 0 Å². The van der Waals surface area contributed by atoms with Gasteiger partial charge in [0.15, 0.2) is 0 Å². The fourth-order valence-electron chi connectivity index (χ4n) is 2.06. The minimum absolute atomic E-state index is 0.239. The molecule has 5 heteroatoms. The standard InChI is InChI=1S/C19H30O5/c20-12-4-5-13-22-14-6-7-15-23-16-8-9-17-24-19(21)18-10-2-1-3-11-18/h1-3,10-11,20H,4-9,12-17H2. The lowest BCUT2D eigenvalue weighted by atomic mass is 10.2. The molecule has 1 aromatic rings. The molecule has 0 aromatic heterocycles. The number of hydrogen-bond donors (Lipinski definition) is 1. The van der Waals surface area contributed by atoms with Crippen LogP contribution in [0.2, 0.25) is 0 Å². The lowest BCUT2D eigenvalue weighted by molar-refractivity contribution is 0.0479. The number of aliphatic hydroxyl groups excluding tert-OH is 1. The smallest absolute Gasteiger partial charge is 0.338 e. The van der Waals surface area contributed by atoms with Crippen molar-refractivity contribution in [3.8, 4) is 0 Å². The predicted molar refractivity (Wildman–Crippen MR) is 93.2 cm³/mol. The number of benzene rings is 1. The highest BCUT2D eigenvalue weighted by Gasteiger charge is 2.04. The summed E-state index contributed by atoms with van der Waals surface area (Å²) in [5.41, 5.74) is 0.590. The van der Waals surface area contributed by atoms with E-state index in [1.54, 1.807) is 12.1 Å². The summed E-state index contributed by atoms with van der Waals surface area (Å²) in [6.07, 6.45) is 5.41. The second-order valence-corrected chi connectivity index (χ2v) is 5.57. The van der Waals surface area contributed by atoms with Gasteiger partial charge < -0.3 is 19.3 Å². The zero-order chi connectivity index (χ0) is 17.3. The third-order valence-corrected chi connectivity index (χ3v) is 3.45. The molecule has 0 unspecified atom stereocenters. The Morgan fingerprint density at radius 3 is 1.79 bits per heavy atom. The van der Waals surface area contributed by atoms with Gasteiger partial charge in [0.2, 0.25) is 0 Å². The van der Waals surface area contributed by atoms with Gasteiger partial charge in [0, 0.05) is 33.0 Å². The van der Waals surface area contributed by atoms with Crippen LogP contribution in [-0.4, -0.2) is 50.7 Å². The van der Waals surface area contributed by atoms with Gasteiger partial charge in [-0.05, 0) is 50.7 Å². The van der Waals surface area contributed by atoms with Crippen molar-refractivity contribution < 1.29 is 24.1 Å². The zero-order valence-corrected chi connectivity index (χ0v) is 14.5. The Bertz CT molecular complexity index is 407. The Balaban J connectivity index is 1.80. The van der Waals surface area contributed by atoms with E-state index in [1.807, 2.05) is 18.2 Å². The van der Waals surface area contributed by atoms with Crippen LogP contribution >= 0.6 is 0 Å². The Kier molecular flexibility index (Phi) is 13.0. The molecule has 0 atom stereocenters. The normalized spacial score (nSPS) is 10.7. The second kappa shape index (κ2) is 15.1. The number of rotatable bonds is 15. The maximum Gasteiger partial charge on any atom is 0.338 e. The van der Waals surface area contributed by atoms with E-state index in [9.17, 15) is 4.79 Å². The molecular formula is C19H30O5. The largest absolute Gasteiger partial charge is 0.462 e. The maximum absolute atomic E-state index is 11.7. The molecule has 0 saturated heterocycles. The van der Waals surface area contributed by atoms with Gasteiger partial charge in [-0.15, -0.1) is 0 Å². The molecule has 136 valence electrons. The van der Waals surface area contributed by atoms with Gasteiger partial charge in [-0.1, -0.05) is 18.2 Å². The molecule has 1 aromatic carbocycles. The van der Waals surface area contributed by atoms with Crippen LogP contribution in [0.25, 0.3) is 0 Å². The summed E-state index contributed by atoms with van der Waals surface area (Å²) in [7, 11) is 0. The molecule has 0 heterocycles. The van der Waals surface area contributed by atoms with Crippen molar-refractivity contribution in [1.82, 2.24) is 0 Å². The van der Waals surface area contributed by atoms with Crippen LogP contribution in [0.4, 0.5) is 0 Å². The molecule has 0 aliphatic carbocycles. The van der Waals surface area contributed by atoms with Gasteiger partial charge in [0.1, 0.15) is 0 Å². The van der Waals surface area contributed by atoms with Crippen molar-refractivity contribution >= 4 is 5.97 Å². The van der Waals surface area contributed by atoms with Crippen molar-refractivity contribution in [3.63, 3.8) is 0 Å². The fourth-order valence-corrected chi connectivity index (χ4v) is 2.06. The van der Waals surface area contributed by atoms with Gasteiger partial charge in [0.05, 0.1) is 12.2 Å². The third-order valence-electron chi connectivity index (χ3n) is 3.45. The number of ether oxygens (including phenoxy) is 3. The van der Waals surface area contributed by atoms with E-state index in [4.69, 9.17) is 19.3 Å². The number of aliphatic hydroxyl groups is 1. The molecule has 0 aliphatic heterocycles. The third kappa shape index (κ3) is 11.2. The maximum atomic E-state index is 11.7. The highest BCUT2D eigenvalue weighted by Crippen LogP contribution is 2.02. The highest BCUT2D eigenvalue weighted by molar-refractivity contribution is 5.89. The molecular weight excluding hydrogens is 308 g/mol. The summed E-state index contributed by atoms with van der Waals surface area (Å²) < 4.78 is 16.2. The SMILES string of the molecule is O=C(OCCCCOCCCCOCCCCO)c1ccccc1. The summed E-state index contributed by atoms with van der Waals surface area (Å²) in [5.74, 6) is -0.268. The lowest BCUT2D eigenvalue weighted by Crippen LogP contribution is -2.07. The summed E-state index contributed by atoms with van der Waals surface area (Å²) in [4.78, 5) is 11.7. The quantitative estimate of drug-likeness (QED) is 0.393. The van der Waals surface area contributed by atoms with E-state index in [0.29, 0.717) is 18.8 Å². The molecule has 1 rings (SSSR count). The Labute approximate surface area is 144 Å². The highest BCUT2D eigenvalue weighted by atomic mass is 16.5. The average Bonchev–Trinajstić information content (AvgIpc) is 2.62. The van der Waals surface area contributed by atoms with Crippen LogP contribution in [0.3, 0.4) is 0 Å². The van der Waals surface area contributed by atoms with Gasteiger partial charge in [-0.25, -0.2) is 4.79 Å². The Morgan fingerprint density at radius 2 is 1.25 bits per heavy atom. The van der Waals surface area contributed by atoms with E-state index in [0.717, 1.165) is 58.3 Å². The Morgan fingerprint density at radius 1 is 0.750 bits per heavy atom. The van der Waals surface area contributed by atoms with Crippen LogP contribution in [0.15, 0.2) is 30.3 Å². The van der Waals surface area contributed by atoms with Gasteiger partial charge in [-0.2, -0.15) is 0 Å². The first-order valence-corrected chi connectivity index (χ1v) is 8.83. The minimum Gasteiger partial charge on any atom is -0.462 e. The molecule has 0 saturated carbocycles. The van der Waals surface area contributed by atoms with Crippen LogP contribution in [0.5, 0.6) is 0 Å². The predicted octanol–water partition coefficient (Wildman–Crippen LogP) is 3.21. The lowest BCUT2D eigenvalue weighted by Gasteiger charge is -2.06. The van der Waals surface area contributed by atoms with Crippen molar-refractivity contribution in [2.45, 2.75) is 38.5 Å². The summed E-state index contributed by atoms with van der Waals surface area (Å²) in [5, 5.41) is 8.63. The van der Waals surface area contributed by atoms with Crippen LogP contribution in [-0.2, 0) is 14.2 Å². The summed E-state index contributed by atoms with van der Waals surface area (Å²) in [6, 6.07) is 9.02. The first-order valence-electron chi connectivity index (χ1n) is 8.83. The van der Waals surface area contributed by atoms with Crippen molar-refractivity contribution in [2.24, 2.45) is 0 Å². The molecule has 0 fully saturated rings. The number of esters is 1. The summed E-state index contributed by atoms with van der Waals surface area (Å²) >= 11 is 0. The van der Waals surface area contributed by atoms with Gasteiger partial charge in [-0.3, -0.25) is 0 Å². The van der Waals surface area contributed by atoms with E-state index >= 15 is 0 Å². The first kappa shape index (κ1) is 20.6. The van der Waals surface area contributed by atoms with Crippen molar-refractivity contribution in [1.29, 1.82) is 0 Å². The molecule has 24 heavy (non-hydrogen) atoms. The van der Waals surface area contributed by atoms with Crippen LogP contribution in [0, 0.1) is 0 Å². The minimum atomic E-state index is -0.268. The van der Waals surface area contributed by atoms with E-state index in [2.05, 4.69) is 0 Å². The topological polar surface area (TPSA) is 65.0 Å². The second-order valence-electron chi connectivity index (χ2n) is 5.57. The number of hydrogen-bond acceptors (Lipinski definition) is 5. The number of unbranched alkanes of at least 4 members (excludes halogenated alkanes) is 3. The number of carbonyl (C=O) groups excluding carboxylic acids is 1.